The Morgan fingerprint density at radius 1 is 0.929 bits per heavy atom. The number of carbonyl (C=O) groups excluding carboxylic acids is 2. The van der Waals surface area contributed by atoms with Gasteiger partial charge in [0, 0.05) is 25.7 Å². The molecule has 0 fully saturated rings. The molecule has 1 N–H and O–H groups in total. The van der Waals surface area contributed by atoms with Crippen LogP contribution in [0.5, 0.6) is 0 Å². The maximum atomic E-state index is 13.3. The number of ether oxygens (including phenoxy) is 1. The highest BCUT2D eigenvalue weighted by atomic mass is 79.9. The van der Waals surface area contributed by atoms with Gasteiger partial charge in [-0.3, -0.25) is 23.7 Å². The van der Waals surface area contributed by atoms with Crippen LogP contribution in [0.15, 0.2) is 9.59 Å². The van der Waals surface area contributed by atoms with Gasteiger partial charge in [-0.1, -0.05) is 39.1 Å². The van der Waals surface area contributed by atoms with Gasteiger partial charge in [-0.05, 0) is 19.8 Å². The number of methoxy groups -OCH3 is 1. The predicted molar refractivity (Wildman–Crippen MR) is 138 cm³/mol. The first kappa shape index (κ1) is 39.4. The molecule has 0 saturated heterocycles. The number of aryl methyl sites for hydroxylation is 2. The Bertz CT molecular complexity index is 1310. The van der Waals surface area contributed by atoms with E-state index in [0.29, 0.717) is 4.57 Å². The number of aromatic nitrogens is 4. The van der Waals surface area contributed by atoms with E-state index >= 15 is 0 Å². The molecule has 9 nitrogen and oxygen atoms in total. The Kier molecular flexibility index (Phi) is 17.0. The van der Waals surface area contributed by atoms with E-state index in [1.165, 1.54) is 14.0 Å². The van der Waals surface area contributed by atoms with Gasteiger partial charge in [-0.15, -0.1) is 0 Å². The van der Waals surface area contributed by atoms with Crippen LogP contribution in [0.3, 0.4) is 0 Å². The summed E-state index contributed by atoms with van der Waals surface area (Å²) in [5, 5.41) is -1.06. The number of halogens is 11. The molecule has 20 heteroatoms. The number of hydrogen-bond acceptors (Lipinski definition) is 7. The third-order valence-corrected chi connectivity index (χ3v) is 5.43. The van der Waals surface area contributed by atoms with Gasteiger partial charge in [0.2, 0.25) is 11.6 Å². The van der Waals surface area contributed by atoms with Crippen LogP contribution in [0, 0.1) is 11.6 Å². The predicted octanol–water partition coefficient (Wildman–Crippen LogP) is 5.51. The first-order valence-electron chi connectivity index (χ1n) is 11.4. The lowest BCUT2D eigenvalue weighted by molar-refractivity contribution is -0.137. The third-order valence-electron chi connectivity index (χ3n) is 4.48. The molecule has 0 amide bonds. The second-order valence-corrected chi connectivity index (χ2v) is 9.27. The molecule has 0 aliphatic carbocycles. The molecule has 0 unspecified atom stereocenters. The smallest absolute Gasteiger partial charge is 0.389 e. The fraction of sp³-hybridized carbons (Fsp3) is 0.545. The minimum Gasteiger partial charge on any atom is -0.468 e. The van der Waals surface area contributed by atoms with Gasteiger partial charge in [-0.2, -0.15) is 35.1 Å². The fourth-order valence-corrected chi connectivity index (χ4v) is 3.27. The number of nitrogens with one attached hydrogen (secondary N) is 1. The van der Waals surface area contributed by atoms with Crippen molar-refractivity contribution >= 4 is 50.9 Å². The van der Waals surface area contributed by atoms with E-state index in [2.05, 4.69) is 30.6 Å². The van der Waals surface area contributed by atoms with Crippen LogP contribution in [0.2, 0.25) is 10.3 Å². The quantitative estimate of drug-likeness (QED) is 0.157. The summed E-state index contributed by atoms with van der Waals surface area (Å²) < 4.78 is 103. The van der Waals surface area contributed by atoms with Crippen LogP contribution >= 0.6 is 39.1 Å². The number of esters is 1. The Morgan fingerprint density at radius 3 is 1.83 bits per heavy atom. The zero-order chi connectivity index (χ0) is 32.8. The van der Waals surface area contributed by atoms with E-state index in [4.69, 9.17) is 23.2 Å². The number of rotatable bonds is 9. The van der Waals surface area contributed by atoms with Gasteiger partial charge >= 0.3 is 18.3 Å². The number of H-pyrrole nitrogens is 1. The standard InChI is InChI=1S/C11H11ClF4N2O2.C8H7ClF4N2O.C3H5BrO2/c1-6(19)5-18-7(3-2-4-11(14,15)16)17-9(12)8(13)10(18)20;9-6-5(10)7(16)15-4(14-6)2-1-3-8(11,12)13;1-6-3(5)2-4/h2-5H2,1H3;1-3H2,(H,14,15,16);2H2,1H3. The maximum absolute atomic E-state index is 13.3. The summed E-state index contributed by atoms with van der Waals surface area (Å²) in [6.45, 7) is 0.708. The summed E-state index contributed by atoms with van der Waals surface area (Å²) in [7, 11) is 1.35. The lowest BCUT2D eigenvalue weighted by atomic mass is 10.2. The third kappa shape index (κ3) is 16.1. The van der Waals surface area contributed by atoms with E-state index in [0.717, 1.165) is 0 Å². The van der Waals surface area contributed by atoms with Crippen LogP contribution in [-0.4, -0.2) is 56.1 Å². The highest BCUT2D eigenvalue weighted by Gasteiger charge is 2.27. The van der Waals surface area contributed by atoms with Crippen molar-refractivity contribution in [3.63, 3.8) is 0 Å². The van der Waals surface area contributed by atoms with Gasteiger partial charge < -0.3 is 9.72 Å². The van der Waals surface area contributed by atoms with Gasteiger partial charge in [0.05, 0.1) is 13.7 Å². The summed E-state index contributed by atoms with van der Waals surface area (Å²) in [6.07, 6.45) is -11.6. The Morgan fingerprint density at radius 2 is 1.43 bits per heavy atom. The van der Waals surface area contributed by atoms with Crippen LogP contribution in [0.25, 0.3) is 0 Å². The molecule has 0 radical (unpaired) electrons. The zero-order valence-electron chi connectivity index (χ0n) is 21.7. The average molecular weight is 726 g/mol. The first-order chi connectivity index (χ1) is 19.2. The van der Waals surface area contributed by atoms with E-state index in [1.54, 1.807) is 0 Å². The summed E-state index contributed by atoms with van der Waals surface area (Å²) in [4.78, 5) is 52.3. The Balaban J connectivity index is 0.000000682. The van der Waals surface area contributed by atoms with Crippen molar-refractivity contribution in [1.29, 1.82) is 0 Å². The molecular weight excluding hydrogens is 703 g/mol. The topological polar surface area (TPSA) is 124 Å². The normalized spacial score (nSPS) is 11.2. The molecule has 2 aromatic heterocycles. The van der Waals surface area contributed by atoms with Crippen molar-refractivity contribution in [2.45, 2.75) is 64.3 Å². The van der Waals surface area contributed by atoms with Crippen molar-refractivity contribution in [3.05, 3.63) is 54.3 Å². The van der Waals surface area contributed by atoms with Gasteiger partial charge in [0.15, 0.2) is 10.3 Å². The van der Waals surface area contributed by atoms with E-state index in [9.17, 15) is 54.3 Å². The summed E-state index contributed by atoms with van der Waals surface area (Å²) in [6, 6.07) is 0. The summed E-state index contributed by atoms with van der Waals surface area (Å²) in [5.74, 6) is -3.45. The lowest BCUT2D eigenvalue weighted by Gasteiger charge is -2.12. The molecule has 0 aliphatic heterocycles. The summed E-state index contributed by atoms with van der Waals surface area (Å²) >= 11 is 13.5. The van der Waals surface area contributed by atoms with Gasteiger partial charge in [-0.25, -0.2) is 9.97 Å². The van der Waals surface area contributed by atoms with Crippen LogP contribution in [-0.2, 0) is 33.7 Å². The largest absolute Gasteiger partial charge is 0.468 e. The molecule has 0 aliphatic rings. The summed E-state index contributed by atoms with van der Waals surface area (Å²) in [5.41, 5.74) is -2.25. The highest BCUT2D eigenvalue weighted by Crippen LogP contribution is 2.23. The number of hydrogen-bond donors (Lipinski definition) is 1. The molecule has 0 saturated carbocycles. The van der Waals surface area contributed by atoms with Gasteiger partial charge in [0.25, 0.3) is 11.1 Å². The zero-order valence-corrected chi connectivity index (χ0v) is 24.8. The van der Waals surface area contributed by atoms with Crippen molar-refractivity contribution in [2.24, 2.45) is 0 Å². The van der Waals surface area contributed by atoms with Crippen molar-refractivity contribution < 1.29 is 49.4 Å². The second-order valence-electron chi connectivity index (χ2n) is 7.99. The molecule has 0 spiro atoms. The minimum absolute atomic E-state index is 0.0550. The van der Waals surface area contributed by atoms with E-state index in [1.807, 2.05) is 4.98 Å². The minimum atomic E-state index is -4.34. The Labute approximate surface area is 250 Å². The first-order valence-corrected chi connectivity index (χ1v) is 13.2. The van der Waals surface area contributed by atoms with Gasteiger partial charge in [0.1, 0.15) is 22.8 Å². The van der Waals surface area contributed by atoms with Crippen molar-refractivity contribution in [3.8, 4) is 0 Å². The Hall–Kier alpha value is -2.60. The molecule has 42 heavy (non-hydrogen) atoms. The SMILES string of the molecule is CC(=O)Cn1c(CCCC(F)(F)F)nc(Cl)c(F)c1=O.COC(=O)CBr.O=c1[nH]c(CCCC(F)(F)F)nc(Cl)c1F. The second kappa shape index (κ2) is 18.1. The highest BCUT2D eigenvalue weighted by molar-refractivity contribution is 9.09. The molecule has 0 atom stereocenters. The number of ketones is 1. The molecule has 2 heterocycles. The lowest BCUT2D eigenvalue weighted by Crippen LogP contribution is -2.30. The van der Waals surface area contributed by atoms with E-state index in [-0.39, 0.29) is 48.6 Å². The molecule has 0 aromatic carbocycles. The molecule has 2 aromatic rings. The van der Waals surface area contributed by atoms with E-state index < -0.39 is 70.6 Å². The number of alkyl halides is 7. The molecule has 0 bridgehead atoms. The van der Waals surface area contributed by atoms with Crippen molar-refractivity contribution in [1.82, 2.24) is 19.5 Å². The van der Waals surface area contributed by atoms with Crippen LogP contribution < -0.4 is 11.1 Å². The number of Topliss-reactive ketones (excluding diaryl/α,β-unsaturated/α-hetero) is 1. The molecule has 2 rings (SSSR count). The molecular formula is C22H23BrCl2F8N4O5. The van der Waals surface area contributed by atoms with Crippen LogP contribution in [0.4, 0.5) is 35.1 Å². The monoisotopic (exact) mass is 724 g/mol. The number of carbonyl (C=O) groups is 2. The molecule has 238 valence electrons. The maximum Gasteiger partial charge on any atom is 0.389 e. The number of nitrogens with zero attached hydrogens (tertiary/aromatic N) is 3. The average Bonchev–Trinajstić information content (AvgIpc) is 2.86. The number of aromatic amines is 1. The fourth-order valence-electron chi connectivity index (χ4n) is 2.67. The van der Waals surface area contributed by atoms with Crippen LogP contribution in [0.1, 0.15) is 44.3 Å². The van der Waals surface area contributed by atoms with Crippen molar-refractivity contribution in [2.75, 3.05) is 12.4 Å².